The molecule has 6 nitrogen and oxygen atoms in total. The van der Waals surface area contributed by atoms with Crippen molar-refractivity contribution >= 4 is 16.3 Å². The molecule has 3 heterocycles. The van der Waals surface area contributed by atoms with Gasteiger partial charge in [0.05, 0.1) is 5.69 Å². The van der Waals surface area contributed by atoms with Gasteiger partial charge >= 0.3 is 0 Å². The van der Waals surface area contributed by atoms with Crippen molar-refractivity contribution in [3.8, 4) is 11.9 Å². The van der Waals surface area contributed by atoms with E-state index in [1.54, 1.807) is 28.3 Å². The van der Waals surface area contributed by atoms with Crippen molar-refractivity contribution in [3.63, 3.8) is 0 Å². The molecule has 0 amide bonds. The molecule has 0 bridgehead atoms. The topological polar surface area (TPSA) is 70.9 Å². The number of hydrogen-bond donors (Lipinski definition) is 1. The summed E-state index contributed by atoms with van der Waals surface area (Å²) in [5, 5.41) is 14.5. The summed E-state index contributed by atoms with van der Waals surface area (Å²) in [5.74, 6) is 1.13. The van der Waals surface area contributed by atoms with E-state index in [9.17, 15) is 0 Å². The first kappa shape index (κ1) is 12.8. The van der Waals surface area contributed by atoms with Gasteiger partial charge < -0.3 is 5.32 Å². The van der Waals surface area contributed by atoms with Gasteiger partial charge in [-0.05, 0) is 13.0 Å². The zero-order valence-corrected chi connectivity index (χ0v) is 11.9. The molecule has 0 atom stereocenters. The molecule has 0 unspecified atom stereocenters. The van der Waals surface area contributed by atoms with Crippen LogP contribution >= 0.6 is 11.3 Å². The first-order chi connectivity index (χ1) is 9.85. The number of nitrogens with zero attached hydrogens (tertiary/aromatic N) is 5. The van der Waals surface area contributed by atoms with Gasteiger partial charge in [-0.25, -0.2) is 9.97 Å². The highest BCUT2D eigenvalue weighted by atomic mass is 32.1. The van der Waals surface area contributed by atoms with E-state index in [2.05, 4.69) is 32.7 Å². The minimum absolute atomic E-state index is 0.354. The zero-order valence-electron chi connectivity index (χ0n) is 11.1. The average molecular weight is 286 g/mol. The van der Waals surface area contributed by atoms with Crippen LogP contribution in [0.15, 0.2) is 24.0 Å². The molecule has 3 aromatic heterocycles. The van der Waals surface area contributed by atoms with E-state index in [0.717, 1.165) is 29.4 Å². The lowest BCUT2D eigenvalue weighted by molar-refractivity contribution is 0.658. The zero-order chi connectivity index (χ0) is 13.9. The summed E-state index contributed by atoms with van der Waals surface area (Å²) in [6.45, 7) is 3.80. The molecule has 7 heteroatoms. The number of nitriles is 1. The third-order valence-electron chi connectivity index (χ3n) is 3.03. The monoisotopic (exact) mass is 286 g/mol. The Balaban J connectivity index is 2.08. The van der Waals surface area contributed by atoms with E-state index >= 15 is 0 Å². The number of nitrogens with one attached hydrogen (secondary N) is 1. The molecule has 20 heavy (non-hydrogen) atoms. The number of imidazole rings is 2. The van der Waals surface area contributed by atoms with E-state index in [-0.39, 0.29) is 0 Å². The maximum absolute atomic E-state index is 9.12. The third kappa shape index (κ3) is 2.09. The van der Waals surface area contributed by atoms with Crippen molar-refractivity contribution < 1.29 is 0 Å². The minimum atomic E-state index is 0.354. The molecule has 0 aliphatic heterocycles. The quantitative estimate of drug-likeness (QED) is 0.728. The highest BCUT2D eigenvalue weighted by molar-refractivity contribution is 7.15. The third-order valence-corrected chi connectivity index (χ3v) is 3.78. The average Bonchev–Trinajstić information content (AvgIpc) is 3.13. The highest BCUT2D eigenvalue weighted by Gasteiger charge is 2.16. The lowest BCUT2D eigenvalue weighted by Crippen LogP contribution is -2.16. The lowest BCUT2D eigenvalue weighted by atomic mass is 10.4. The van der Waals surface area contributed by atoms with Crippen LogP contribution in [0.3, 0.4) is 0 Å². The van der Waals surface area contributed by atoms with Crippen LogP contribution in [0.1, 0.15) is 24.9 Å². The fourth-order valence-electron chi connectivity index (χ4n) is 2.12. The Morgan fingerprint density at radius 2 is 2.35 bits per heavy atom. The molecule has 0 aliphatic rings. The maximum atomic E-state index is 9.12. The number of hydrogen-bond acceptors (Lipinski definition) is 5. The molecule has 0 spiro atoms. The number of aromatic nitrogens is 4. The first-order valence-electron chi connectivity index (χ1n) is 6.44. The fourth-order valence-corrected chi connectivity index (χ4v) is 2.85. The molecule has 1 N–H and O–H groups in total. The van der Waals surface area contributed by atoms with Crippen LogP contribution in [0, 0.1) is 11.3 Å². The van der Waals surface area contributed by atoms with Gasteiger partial charge in [-0.2, -0.15) is 5.26 Å². The minimum Gasteiger partial charge on any atom is -0.311 e. The van der Waals surface area contributed by atoms with Crippen LogP contribution in [0.25, 0.3) is 10.8 Å². The first-order valence-corrected chi connectivity index (χ1v) is 7.32. The molecule has 3 aromatic rings. The largest absolute Gasteiger partial charge is 0.311 e. The van der Waals surface area contributed by atoms with Gasteiger partial charge in [-0.15, -0.1) is 11.3 Å². The molecule has 0 fully saturated rings. The molecule has 3 rings (SSSR count). The number of fused-ring (bicyclic) bond motifs is 1. The van der Waals surface area contributed by atoms with Gasteiger partial charge in [0.25, 0.3) is 0 Å². The molecular weight excluding hydrogens is 272 g/mol. The van der Waals surface area contributed by atoms with Crippen molar-refractivity contribution in [2.75, 3.05) is 6.54 Å². The second-order valence-corrected chi connectivity index (χ2v) is 5.22. The Bertz CT molecular complexity index is 759. The van der Waals surface area contributed by atoms with Gasteiger partial charge in [0.1, 0.15) is 6.07 Å². The maximum Gasteiger partial charge on any atom is 0.218 e. The van der Waals surface area contributed by atoms with Gasteiger partial charge in [-0.1, -0.05) is 6.92 Å². The highest BCUT2D eigenvalue weighted by Crippen LogP contribution is 2.21. The molecule has 102 valence electrons. The van der Waals surface area contributed by atoms with Crippen LogP contribution in [0.5, 0.6) is 0 Å². The van der Waals surface area contributed by atoms with Crippen LogP contribution in [-0.2, 0) is 6.54 Å². The molecule has 0 aliphatic carbocycles. The molecule has 0 aromatic carbocycles. The smallest absolute Gasteiger partial charge is 0.218 e. The normalized spacial score (nSPS) is 11.0. The summed E-state index contributed by atoms with van der Waals surface area (Å²) in [6, 6.07) is 2.09. The number of rotatable bonds is 5. The second kappa shape index (κ2) is 5.45. The summed E-state index contributed by atoms with van der Waals surface area (Å²) in [7, 11) is 0. The Kier molecular flexibility index (Phi) is 3.50. The second-order valence-electron chi connectivity index (χ2n) is 4.35. The summed E-state index contributed by atoms with van der Waals surface area (Å²) < 4.78 is 3.80. The molecule has 0 saturated carbocycles. The van der Waals surface area contributed by atoms with Crippen molar-refractivity contribution in [2.45, 2.75) is 19.9 Å². The Hall–Kier alpha value is -2.17. The van der Waals surface area contributed by atoms with Crippen LogP contribution in [0.4, 0.5) is 0 Å². The number of thiazole rings is 1. The van der Waals surface area contributed by atoms with E-state index in [4.69, 9.17) is 5.26 Å². The molecular formula is C13H14N6S. The summed E-state index contributed by atoms with van der Waals surface area (Å²) in [6.07, 6.45) is 6.47. The summed E-state index contributed by atoms with van der Waals surface area (Å²) in [5.41, 5.74) is 1.05. The van der Waals surface area contributed by atoms with Gasteiger partial charge in [0.2, 0.25) is 5.82 Å². The van der Waals surface area contributed by atoms with Crippen molar-refractivity contribution in [2.24, 2.45) is 0 Å². The van der Waals surface area contributed by atoms with E-state index in [1.165, 1.54) is 0 Å². The standard InChI is InChI=1S/C13H14N6S/c1-2-3-15-9-10-12(17-13-18(10)6-7-20-13)19-5-4-16-11(19)8-14/h4-7,15H,2-3,9H2,1H3. The van der Waals surface area contributed by atoms with E-state index in [0.29, 0.717) is 12.4 Å². The van der Waals surface area contributed by atoms with Gasteiger partial charge in [0.15, 0.2) is 10.8 Å². The summed E-state index contributed by atoms with van der Waals surface area (Å²) >= 11 is 1.58. The van der Waals surface area contributed by atoms with Gasteiger partial charge in [-0.3, -0.25) is 8.97 Å². The Morgan fingerprint density at radius 1 is 1.45 bits per heavy atom. The molecule has 0 saturated heterocycles. The van der Waals surface area contributed by atoms with Crippen molar-refractivity contribution in [3.05, 3.63) is 35.5 Å². The predicted octanol–water partition coefficient (Wildman–Crippen LogP) is 1.95. The van der Waals surface area contributed by atoms with E-state index < -0.39 is 0 Å². The molecule has 0 radical (unpaired) electrons. The SMILES string of the molecule is CCCNCc1c(-n2ccnc2C#N)nc2sccn12. The van der Waals surface area contributed by atoms with Crippen LogP contribution in [0.2, 0.25) is 0 Å². The lowest BCUT2D eigenvalue weighted by Gasteiger charge is -2.06. The summed E-state index contributed by atoms with van der Waals surface area (Å²) in [4.78, 5) is 9.58. The van der Waals surface area contributed by atoms with Crippen LogP contribution < -0.4 is 5.32 Å². The predicted molar refractivity (Wildman–Crippen MR) is 76.9 cm³/mol. The van der Waals surface area contributed by atoms with E-state index in [1.807, 2.05) is 11.6 Å². The fraction of sp³-hybridized carbons (Fsp3) is 0.308. The van der Waals surface area contributed by atoms with Crippen LogP contribution in [-0.4, -0.2) is 25.5 Å². The Labute approximate surface area is 120 Å². The van der Waals surface area contributed by atoms with Crippen molar-refractivity contribution in [1.82, 2.24) is 24.3 Å². The Morgan fingerprint density at radius 3 is 3.15 bits per heavy atom. The van der Waals surface area contributed by atoms with Gasteiger partial charge in [0, 0.05) is 30.5 Å². The van der Waals surface area contributed by atoms with Crippen molar-refractivity contribution in [1.29, 1.82) is 5.26 Å².